The van der Waals surface area contributed by atoms with Gasteiger partial charge in [0.1, 0.15) is 23.4 Å². The van der Waals surface area contributed by atoms with Gasteiger partial charge in [-0.05, 0) is 62.9 Å². The van der Waals surface area contributed by atoms with Crippen LogP contribution in [0, 0.1) is 0 Å². The number of phenols is 1. The number of alkyl carbamates (subject to hydrolysis) is 1. The van der Waals surface area contributed by atoms with Crippen molar-refractivity contribution in [3.63, 3.8) is 0 Å². The number of nitrogens with zero attached hydrogens (tertiary/aromatic N) is 1. The van der Waals surface area contributed by atoms with Gasteiger partial charge in [0.15, 0.2) is 0 Å². The van der Waals surface area contributed by atoms with E-state index in [2.05, 4.69) is 10.6 Å². The van der Waals surface area contributed by atoms with Crippen LogP contribution in [0.4, 0.5) is 4.79 Å². The molecule has 0 saturated carbocycles. The predicted octanol–water partition coefficient (Wildman–Crippen LogP) is 3.66. The number of likely N-dealkylation sites (N-methyl/N-ethyl adjacent to an activating group) is 1. The second kappa shape index (κ2) is 14.9. The molecule has 2 atom stereocenters. The van der Waals surface area contributed by atoms with Crippen LogP contribution >= 0.6 is 0 Å². The summed E-state index contributed by atoms with van der Waals surface area (Å²) in [4.78, 5) is 53.0. The summed E-state index contributed by atoms with van der Waals surface area (Å²) >= 11 is 0. The number of hydrogen-bond acceptors (Lipinski definition) is 7. The van der Waals surface area contributed by atoms with E-state index in [1.165, 1.54) is 24.1 Å². The normalized spacial score (nSPS) is 12.6. The highest BCUT2D eigenvalue weighted by Crippen LogP contribution is 2.23. The van der Waals surface area contributed by atoms with Crippen LogP contribution in [0.15, 0.2) is 48.5 Å². The number of amides is 3. The zero-order valence-corrected chi connectivity index (χ0v) is 24.2. The van der Waals surface area contributed by atoms with Crippen LogP contribution in [0.25, 0.3) is 0 Å². The molecule has 10 nitrogen and oxygen atoms in total. The molecule has 0 aliphatic heterocycles. The molecule has 2 aromatic carbocycles. The monoisotopic (exact) mass is 555 g/mol. The topological polar surface area (TPSA) is 134 Å². The lowest BCUT2D eigenvalue weighted by Gasteiger charge is -2.32. The van der Waals surface area contributed by atoms with E-state index in [1.807, 2.05) is 19.1 Å². The van der Waals surface area contributed by atoms with Crippen molar-refractivity contribution in [3.8, 4) is 5.75 Å². The molecule has 0 spiro atoms. The predicted molar refractivity (Wildman–Crippen MR) is 151 cm³/mol. The van der Waals surface area contributed by atoms with Gasteiger partial charge in [-0.3, -0.25) is 14.4 Å². The lowest BCUT2D eigenvalue weighted by molar-refractivity contribution is -0.143. The van der Waals surface area contributed by atoms with E-state index in [9.17, 15) is 24.3 Å². The minimum absolute atomic E-state index is 0.0115. The lowest BCUT2D eigenvalue weighted by Crippen LogP contribution is -2.52. The third-order valence-electron chi connectivity index (χ3n) is 5.99. The molecular weight excluding hydrogens is 514 g/mol. The third kappa shape index (κ3) is 10.2. The standard InChI is InChI=1S/C30H41N3O7/c1-7-20-9-13-22(14-10-20)26(27(36)31-18-17-25(35)39-8-2)33(6)28(37)24(32-29(38)40-30(3,4)5)19-21-11-15-23(34)16-12-21/h9-16,24,26,34H,7-8,17-19H2,1-6H3,(H,31,36)(H,32,38). The number of benzene rings is 2. The van der Waals surface area contributed by atoms with E-state index in [0.29, 0.717) is 11.1 Å². The third-order valence-corrected chi connectivity index (χ3v) is 5.99. The number of rotatable bonds is 12. The van der Waals surface area contributed by atoms with Crippen molar-refractivity contribution < 1.29 is 33.8 Å². The maximum absolute atomic E-state index is 13.9. The first-order valence-electron chi connectivity index (χ1n) is 13.4. The molecule has 2 aromatic rings. The summed E-state index contributed by atoms with van der Waals surface area (Å²) in [6.07, 6.45) is 0.109. The Morgan fingerprint density at radius 1 is 0.950 bits per heavy atom. The Kier molecular flexibility index (Phi) is 12.0. The maximum Gasteiger partial charge on any atom is 0.408 e. The summed E-state index contributed by atoms with van der Waals surface area (Å²) in [6, 6.07) is 11.5. The molecule has 0 aliphatic carbocycles. The molecule has 0 radical (unpaired) electrons. The SMILES string of the molecule is CCOC(=O)CCNC(=O)C(c1ccc(CC)cc1)N(C)C(=O)C(Cc1ccc(O)cc1)NC(=O)OC(C)(C)C. The van der Waals surface area contributed by atoms with Crippen molar-refractivity contribution in [1.82, 2.24) is 15.5 Å². The molecule has 3 amide bonds. The van der Waals surface area contributed by atoms with Crippen LogP contribution in [0.5, 0.6) is 5.75 Å². The van der Waals surface area contributed by atoms with Crippen molar-refractivity contribution in [1.29, 1.82) is 0 Å². The fourth-order valence-electron chi connectivity index (χ4n) is 3.99. The molecular formula is C30H41N3O7. The Labute approximate surface area is 236 Å². The van der Waals surface area contributed by atoms with Crippen molar-refractivity contribution in [2.24, 2.45) is 0 Å². The second-order valence-corrected chi connectivity index (χ2v) is 10.4. The van der Waals surface area contributed by atoms with Crippen LogP contribution in [0.3, 0.4) is 0 Å². The van der Waals surface area contributed by atoms with Gasteiger partial charge in [0.25, 0.3) is 0 Å². The van der Waals surface area contributed by atoms with Crippen molar-refractivity contribution >= 4 is 23.9 Å². The van der Waals surface area contributed by atoms with Crippen molar-refractivity contribution in [3.05, 3.63) is 65.2 Å². The fourth-order valence-corrected chi connectivity index (χ4v) is 3.99. The number of aryl methyl sites for hydroxylation is 1. The number of carbonyl (C=O) groups excluding carboxylic acids is 4. The van der Waals surface area contributed by atoms with Crippen LogP contribution in [-0.2, 0) is 36.7 Å². The summed E-state index contributed by atoms with van der Waals surface area (Å²) in [7, 11) is 1.49. The van der Waals surface area contributed by atoms with Gasteiger partial charge in [0.2, 0.25) is 11.8 Å². The van der Waals surface area contributed by atoms with Crippen LogP contribution in [0.1, 0.15) is 63.8 Å². The summed E-state index contributed by atoms with van der Waals surface area (Å²) in [6.45, 7) is 9.14. The van der Waals surface area contributed by atoms with Crippen molar-refractivity contribution in [2.45, 2.75) is 71.6 Å². The molecule has 0 heterocycles. The number of nitrogens with one attached hydrogen (secondary N) is 2. The molecule has 40 heavy (non-hydrogen) atoms. The summed E-state index contributed by atoms with van der Waals surface area (Å²) in [5.41, 5.74) is 1.53. The average molecular weight is 556 g/mol. The van der Waals surface area contributed by atoms with E-state index >= 15 is 0 Å². The smallest absolute Gasteiger partial charge is 0.408 e. The first kappa shape index (κ1) is 32.1. The molecule has 3 N–H and O–H groups in total. The molecule has 0 saturated heterocycles. The largest absolute Gasteiger partial charge is 0.508 e. The van der Waals surface area contributed by atoms with Crippen LogP contribution < -0.4 is 10.6 Å². The molecule has 0 fully saturated rings. The highest BCUT2D eigenvalue weighted by molar-refractivity contribution is 5.92. The Balaban J connectivity index is 2.36. The molecule has 10 heteroatoms. The quantitative estimate of drug-likeness (QED) is 0.340. The van der Waals surface area contributed by atoms with E-state index < -0.39 is 41.6 Å². The Morgan fingerprint density at radius 2 is 1.55 bits per heavy atom. The minimum Gasteiger partial charge on any atom is -0.508 e. The Morgan fingerprint density at radius 3 is 2.10 bits per heavy atom. The first-order chi connectivity index (χ1) is 18.8. The van der Waals surface area contributed by atoms with E-state index in [1.54, 1.807) is 52.0 Å². The summed E-state index contributed by atoms with van der Waals surface area (Å²) in [5.74, 6) is -1.38. The number of carbonyl (C=O) groups is 4. The number of esters is 1. The zero-order chi connectivity index (χ0) is 29.9. The summed E-state index contributed by atoms with van der Waals surface area (Å²) in [5, 5.41) is 15.0. The molecule has 0 aromatic heterocycles. The average Bonchev–Trinajstić information content (AvgIpc) is 2.88. The van der Waals surface area contributed by atoms with Crippen molar-refractivity contribution in [2.75, 3.05) is 20.2 Å². The van der Waals surface area contributed by atoms with Gasteiger partial charge in [0, 0.05) is 20.0 Å². The van der Waals surface area contributed by atoms with Gasteiger partial charge in [0.05, 0.1) is 13.0 Å². The number of aromatic hydroxyl groups is 1. The van der Waals surface area contributed by atoms with E-state index in [4.69, 9.17) is 9.47 Å². The summed E-state index contributed by atoms with van der Waals surface area (Å²) < 4.78 is 10.3. The van der Waals surface area contributed by atoms with Gasteiger partial charge in [-0.1, -0.05) is 43.3 Å². The highest BCUT2D eigenvalue weighted by atomic mass is 16.6. The van der Waals surface area contributed by atoms with E-state index in [-0.39, 0.29) is 31.7 Å². The molecule has 0 bridgehead atoms. The fraction of sp³-hybridized carbons (Fsp3) is 0.467. The van der Waals surface area contributed by atoms with Gasteiger partial charge >= 0.3 is 12.1 Å². The van der Waals surface area contributed by atoms with Gasteiger partial charge in [-0.2, -0.15) is 0 Å². The number of hydrogen-bond donors (Lipinski definition) is 3. The molecule has 218 valence electrons. The lowest BCUT2D eigenvalue weighted by atomic mass is 9.99. The number of phenolic OH excluding ortho intramolecular Hbond substituents is 1. The number of ether oxygens (including phenoxy) is 2. The minimum atomic E-state index is -1.07. The Hall–Kier alpha value is -4.08. The van der Waals surface area contributed by atoms with Gasteiger partial charge < -0.3 is 30.1 Å². The highest BCUT2D eigenvalue weighted by Gasteiger charge is 2.34. The van der Waals surface area contributed by atoms with Gasteiger partial charge in [-0.25, -0.2) is 4.79 Å². The molecule has 0 aliphatic rings. The van der Waals surface area contributed by atoms with E-state index in [0.717, 1.165) is 12.0 Å². The molecule has 2 unspecified atom stereocenters. The second-order valence-electron chi connectivity index (χ2n) is 10.4. The first-order valence-corrected chi connectivity index (χ1v) is 13.4. The molecule has 2 rings (SSSR count). The van der Waals surface area contributed by atoms with Crippen LogP contribution in [0.2, 0.25) is 0 Å². The van der Waals surface area contributed by atoms with Gasteiger partial charge in [-0.15, -0.1) is 0 Å². The van der Waals surface area contributed by atoms with Crippen LogP contribution in [-0.4, -0.2) is 65.7 Å². The Bertz CT molecular complexity index is 1140. The zero-order valence-electron chi connectivity index (χ0n) is 24.2. The maximum atomic E-state index is 13.9.